The minimum Gasteiger partial charge on any atom is -0.493 e. The Morgan fingerprint density at radius 2 is 1.85 bits per heavy atom. The molecule has 8 heteroatoms. The molecule has 1 amide bonds. The third-order valence-corrected chi connectivity index (χ3v) is 5.26. The number of anilines is 1. The molecule has 0 aliphatic carbocycles. The van der Waals surface area contributed by atoms with Crippen molar-refractivity contribution in [2.45, 2.75) is 24.7 Å². The van der Waals surface area contributed by atoms with Crippen molar-refractivity contribution in [3.63, 3.8) is 0 Å². The standard InChI is InChI=1S/C18H17NO6S/c1-11(20)12-3-7-16(17(10-12)24-2)25-26(22,23)14-5-6-15-13(9-14)4-8-18(21)19-15/h3,5-7,9-10H,4,8H2,1-2H3,(H,19,21). The van der Waals surface area contributed by atoms with Crippen LogP contribution in [0.25, 0.3) is 0 Å². The van der Waals surface area contributed by atoms with Crippen LogP contribution in [0.5, 0.6) is 11.5 Å². The van der Waals surface area contributed by atoms with Crippen LogP contribution in [0.1, 0.15) is 29.3 Å². The molecule has 0 bridgehead atoms. The predicted molar refractivity (Wildman–Crippen MR) is 94.2 cm³/mol. The van der Waals surface area contributed by atoms with Gasteiger partial charge in [-0.1, -0.05) is 0 Å². The highest BCUT2D eigenvalue weighted by Crippen LogP contribution is 2.32. The molecule has 1 aliphatic rings. The van der Waals surface area contributed by atoms with Crippen LogP contribution in [-0.4, -0.2) is 27.2 Å². The van der Waals surface area contributed by atoms with Crippen molar-refractivity contribution in [2.75, 3.05) is 12.4 Å². The first-order valence-electron chi connectivity index (χ1n) is 7.86. The van der Waals surface area contributed by atoms with E-state index in [1.54, 1.807) is 6.07 Å². The van der Waals surface area contributed by atoms with Crippen LogP contribution in [0.15, 0.2) is 41.3 Å². The number of fused-ring (bicyclic) bond motifs is 1. The Morgan fingerprint density at radius 3 is 2.54 bits per heavy atom. The van der Waals surface area contributed by atoms with E-state index < -0.39 is 10.1 Å². The first-order valence-corrected chi connectivity index (χ1v) is 9.27. The third kappa shape index (κ3) is 3.55. The second-order valence-corrected chi connectivity index (χ2v) is 7.37. The van der Waals surface area contributed by atoms with E-state index in [2.05, 4.69) is 5.32 Å². The molecule has 0 radical (unpaired) electrons. The Labute approximate surface area is 151 Å². The second kappa shape index (κ2) is 6.80. The van der Waals surface area contributed by atoms with Crippen molar-refractivity contribution >= 4 is 27.5 Å². The molecule has 7 nitrogen and oxygen atoms in total. The fraction of sp³-hybridized carbons (Fsp3) is 0.222. The van der Waals surface area contributed by atoms with Crippen molar-refractivity contribution < 1.29 is 26.9 Å². The molecule has 2 aromatic carbocycles. The molecule has 1 aliphatic heterocycles. The highest BCUT2D eigenvalue weighted by molar-refractivity contribution is 7.87. The Hall–Kier alpha value is -2.87. The molecule has 136 valence electrons. The monoisotopic (exact) mass is 375 g/mol. The molecule has 26 heavy (non-hydrogen) atoms. The Bertz CT molecular complexity index is 997. The lowest BCUT2D eigenvalue weighted by Gasteiger charge is -2.18. The molecule has 0 saturated heterocycles. The summed E-state index contributed by atoms with van der Waals surface area (Å²) in [6.45, 7) is 1.40. The van der Waals surface area contributed by atoms with Crippen LogP contribution in [0.4, 0.5) is 5.69 Å². The molecule has 0 fully saturated rings. The third-order valence-electron chi connectivity index (χ3n) is 4.03. The van der Waals surface area contributed by atoms with E-state index in [9.17, 15) is 18.0 Å². The molecule has 0 aromatic heterocycles. The van der Waals surface area contributed by atoms with Gasteiger partial charge >= 0.3 is 10.1 Å². The topological polar surface area (TPSA) is 98.8 Å². The van der Waals surface area contributed by atoms with Crippen LogP contribution in [0, 0.1) is 0 Å². The number of ketones is 1. The fourth-order valence-electron chi connectivity index (χ4n) is 2.64. The molecular weight excluding hydrogens is 358 g/mol. The summed E-state index contributed by atoms with van der Waals surface area (Å²) in [5.41, 5.74) is 1.72. The number of carbonyl (C=O) groups is 2. The Kier molecular flexibility index (Phi) is 4.69. The van der Waals surface area contributed by atoms with Gasteiger partial charge in [-0.05, 0) is 55.3 Å². The van der Waals surface area contributed by atoms with Gasteiger partial charge in [0.2, 0.25) is 5.91 Å². The number of benzene rings is 2. The van der Waals surface area contributed by atoms with Crippen molar-refractivity contribution in [2.24, 2.45) is 0 Å². The molecule has 2 aromatic rings. The lowest BCUT2D eigenvalue weighted by Crippen LogP contribution is -2.19. The van der Waals surface area contributed by atoms with E-state index in [1.807, 2.05) is 0 Å². The van der Waals surface area contributed by atoms with E-state index in [1.165, 1.54) is 44.4 Å². The largest absolute Gasteiger partial charge is 0.493 e. The van der Waals surface area contributed by atoms with E-state index in [0.717, 1.165) is 5.56 Å². The number of amides is 1. The number of carbonyl (C=O) groups excluding carboxylic acids is 2. The van der Waals surface area contributed by atoms with Crippen LogP contribution >= 0.6 is 0 Å². The van der Waals surface area contributed by atoms with Gasteiger partial charge in [-0.25, -0.2) is 0 Å². The number of Topliss-reactive ketones (excluding diaryl/α,β-unsaturated/α-hetero) is 1. The summed E-state index contributed by atoms with van der Waals surface area (Å²) in [5, 5.41) is 2.70. The molecule has 0 spiro atoms. The number of rotatable bonds is 5. The van der Waals surface area contributed by atoms with Gasteiger partial charge in [-0.2, -0.15) is 8.42 Å². The average molecular weight is 375 g/mol. The van der Waals surface area contributed by atoms with Gasteiger partial charge in [0.1, 0.15) is 4.90 Å². The summed E-state index contributed by atoms with van der Waals surface area (Å²) in [7, 11) is -2.74. The summed E-state index contributed by atoms with van der Waals surface area (Å²) < 4.78 is 35.5. The molecule has 1 N–H and O–H groups in total. The van der Waals surface area contributed by atoms with Gasteiger partial charge in [0.15, 0.2) is 17.3 Å². The Balaban J connectivity index is 1.92. The normalized spacial score (nSPS) is 13.5. The molecule has 0 atom stereocenters. The van der Waals surface area contributed by atoms with Crippen LogP contribution in [0.3, 0.4) is 0 Å². The van der Waals surface area contributed by atoms with E-state index in [0.29, 0.717) is 24.1 Å². The van der Waals surface area contributed by atoms with E-state index in [-0.39, 0.29) is 28.1 Å². The zero-order chi connectivity index (χ0) is 18.9. The number of methoxy groups -OCH3 is 1. The molecule has 3 rings (SSSR count). The van der Waals surface area contributed by atoms with Crippen molar-refractivity contribution in [1.29, 1.82) is 0 Å². The van der Waals surface area contributed by atoms with Crippen molar-refractivity contribution in [3.8, 4) is 11.5 Å². The SMILES string of the molecule is COc1cc(C(C)=O)ccc1OS(=O)(=O)c1ccc2c(c1)CCC(=O)N2. The van der Waals surface area contributed by atoms with Crippen molar-refractivity contribution in [1.82, 2.24) is 0 Å². The van der Waals surface area contributed by atoms with E-state index >= 15 is 0 Å². The number of aryl methyl sites for hydroxylation is 1. The van der Waals surface area contributed by atoms with Gasteiger partial charge in [-0.15, -0.1) is 0 Å². The molecule has 0 saturated carbocycles. The Morgan fingerprint density at radius 1 is 1.08 bits per heavy atom. The zero-order valence-corrected chi connectivity index (χ0v) is 15.1. The van der Waals surface area contributed by atoms with Crippen LogP contribution in [0.2, 0.25) is 0 Å². The minimum absolute atomic E-state index is 0.0106. The molecular formula is C18H17NO6S. The smallest absolute Gasteiger partial charge is 0.339 e. The van der Waals surface area contributed by atoms with E-state index in [4.69, 9.17) is 8.92 Å². The lowest BCUT2D eigenvalue weighted by atomic mass is 10.0. The quantitative estimate of drug-likeness (QED) is 0.637. The summed E-state index contributed by atoms with van der Waals surface area (Å²) in [6, 6.07) is 8.68. The summed E-state index contributed by atoms with van der Waals surface area (Å²) in [4.78, 5) is 22.8. The summed E-state index contributed by atoms with van der Waals surface area (Å²) in [5.74, 6) is -0.135. The van der Waals surface area contributed by atoms with Gasteiger partial charge < -0.3 is 14.2 Å². The first-order chi connectivity index (χ1) is 12.3. The maximum atomic E-state index is 12.6. The fourth-order valence-corrected chi connectivity index (χ4v) is 3.63. The van der Waals surface area contributed by atoms with Crippen LogP contribution < -0.4 is 14.2 Å². The summed E-state index contributed by atoms with van der Waals surface area (Å²) in [6.07, 6.45) is 0.763. The van der Waals surface area contributed by atoms with Gasteiger partial charge in [0.25, 0.3) is 0 Å². The van der Waals surface area contributed by atoms with Crippen molar-refractivity contribution in [3.05, 3.63) is 47.5 Å². The number of hydrogen-bond donors (Lipinski definition) is 1. The number of hydrogen-bond acceptors (Lipinski definition) is 6. The minimum atomic E-state index is -4.10. The highest BCUT2D eigenvalue weighted by Gasteiger charge is 2.23. The second-order valence-electron chi connectivity index (χ2n) is 5.83. The van der Waals surface area contributed by atoms with Gasteiger partial charge in [0.05, 0.1) is 7.11 Å². The highest BCUT2D eigenvalue weighted by atomic mass is 32.2. The zero-order valence-electron chi connectivity index (χ0n) is 14.2. The van der Waals surface area contributed by atoms with Gasteiger partial charge in [0, 0.05) is 17.7 Å². The maximum Gasteiger partial charge on any atom is 0.339 e. The molecule has 1 heterocycles. The average Bonchev–Trinajstić information content (AvgIpc) is 2.61. The summed E-state index contributed by atoms with van der Waals surface area (Å²) >= 11 is 0. The first kappa shape index (κ1) is 17.9. The molecule has 0 unspecified atom stereocenters. The lowest BCUT2D eigenvalue weighted by molar-refractivity contribution is -0.116. The number of nitrogens with one attached hydrogen (secondary N) is 1. The maximum absolute atomic E-state index is 12.6. The van der Waals surface area contributed by atoms with Gasteiger partial charge in [-0.3, -0.25) is 9.59 Å². The van der Waals surface area contributed by atoms with Crippen LogP contribution in [-0.2, 0) is 21.3 Å². The number of ether oxygens (including phenoxy) is 1. The predicted octanol–water partition coefficient (Wildman–Crippen LogP) is 2.55.